The maximum Gasteiger partial charge on any atom is 0.217 e. The van der Waals surface area contributed by atoms with Crippen LogP contribution in [-0.2, 0) is 17.3 Å². The molecule has 0 aliphatic heterocycles. The highest BCUT2D eigenvalue weighted by Crippen LogP contribution is 2.40. The van der Waals surface area contributed by atoms with Crippen LogP contribution in [0.2, 0.25) is 0 Å². The summed E-state index contributed by atoms with van der Waals surface area (Å²) >= 11 is 0. The van der Waals surface area contributed by atoms with Gasteiger partial charge < -0.3 is 5.11 Å². The van der Waals surface area contributed by atoms with E-state index in [1.54, 1.807) is 0 Å². The summed E-state index contributed by atoms with van der Waals surface area (Å²) in [5, 5.41) is 22.3. The Morgan fingerprint density at radius 3 is 1.88 bits per heavy atom. The lowest BCUT2D eigenvalue weighted by Gasteiger charge is -2.28. The van der Waals surface area contributed by atoms with Gasteiger partial charge in [0.25, 0.3) is 0 Å². The van der Waals surface area contributed by atoms with Crippen LogP contribution in [0.3, 0.4) is 0 Å². The smallest absolute Gasteiger partial charge is 0.217 e. The topological polar surface area (TPSA) is 63.4 Å². The number of rotatable bonds is 7. The van der Waals surface area contributed by atoms with E-state index in [1.165, 1.54) is 0 Å². The minimum Gasteiger partial charge on any atom is -0.507 e. The number of hydrogen-bond acceptors (Lipinski definition) is 3. The van der Waals surface area contributed by atoms with Crippen molar-refractivity contribution in [1.82, 2.24) is 0 Å². The highest BCUT2D eigenvalue weighted by atomic mass is 16.6. The molecule has 4 nitrogen and oxygen atoms in total. The summed E-state index contributed by atoms with van der Waals surface area (Å²) in [7, 11) is 0. The van der Waals surface area contributed by atoms with Crippen molar-refractivity contribution in [2.45, 2.75) is 97.4 Å². The van der Waals surface area contributed by atoms with Gasteiger partial charge in [0.15, 0.2) is 0 Å². The van der Waals surface area contributed by atoms with Gasteiger partial charge >= 0.3 is 0 Å². The Bertz CT molecular complexity index is 559. The number of hydrogen-bond donors (Lipinski definition) is 1. The lowest BCUT2D eigenvalue weighted by molar-refractivity contribution is -0.523. The number of unbranched alkanes of at least 4 members (excludes halogenated alkanes) is 2. The van der Waals surface area contributed by atoms with E-state index in [9.17, 15) is 15.2 Å². The van der Waals surface area contributed by atoms with Crippen LogP contribution in [-0.4, -0.2) is 16.1 Å². The minimum atomic E-state index is -0.559. The molecule has 0 bridgehead atoms. The highest BCUT2D eigenvalue weighted by molar-refractivity contribution is 5.50. The predicted octanol–water partition coefficient (Wildman–Crippen LogP) is 5.76. The van der Waals surface area contributed by atoms with E-state index in [0.29, 0.717) is 18.6 Å². The van der Waals surface area contributed by atoms with Crippen LogP contribution < -0.4 is 0 Å². The van der Waals surface area contributed by atoms with Gasteiger partial charge in [-0.05, 0) is 33.9 Å². The van der Waals surface area contributed by atoms with E-state index in [4.69, 9.17) is 0 Å². The van der Waals surface area contributed by atoms with E-state index in [1.807, 2.05) is 12.1 Å². The molecule has 1 rings (SSSR count). The zero-order valence-corrected chi connectivity index (χ0v) is 17.0. The molecule has 0 saturated heterocycles. The number of benzene rings is 1. The van der Waals surface area contributed by atoms with Crippen LogP contribution in [0.4, 0.5) is 0 Å². The zero-order chi connectivity index (χ0) is 19.4. The van der Waals surface area contributed by atoms with E-state index >= 15 is 0 Å². The second-order valence-electron chi connectivity index (χ2n) is 9.18. The molecule has 1 atom stereocenters. The number of aromatic hydroxyl groups is 1. The standard InChI is InChI=1S/C21H35NO3/c1-8-9-10-11-16(22(24)25)12-15-13-17(20(2,3)4)19(23)18(14-15)21(5,6)7/h13-14,16,23H,8-12H2,1-7H3. The summed E-state index contributed by atoms with van der Waals surface area (Å²) in [6.45, 7) is 14.5. The number of phenolic OH excluding ortho intramolecular Hbond substituents is 1. The highest BCUT2D eigenvalue weighted by Gasteiger charge is 2.28. The number of nitrogens with zero attached hydrogens (tertiary/aromatic N) is 1. The Morgan fingerprint density at radius 1 is 1.04 bits per heavy atom. The van der Waals surface area contributed by atoms with Crippen LogP contribution in [0.1, 0.15) is 90.8 Å². The molecule has 0 fully saturated rings. The van der Waals surface area contributed by atoms with Crippen molar-refractivity contribution < 1.29 is 10.0 Å². The van der Waals surface area contributed by atoms with E-state index < -0.39 is 6.04 Å². The molecule has 0 aromatic heterocycles. The van der Waals surface area contributed by atoms with Gasteiger partial charge in [0.1, 0.15) is 5.75 Å². The van der Waals surface area contributed by atoms with Gasteiger partial charge in [-0.2, -0.15) is 0 Å². The lowest BCUT2D eigenvalue weighted by atomic mass is 9.78. The first kappa shape index (κ1) is 21.5. The second kappa shape index (κ2) is 8.20. The summed E-state index contributed by atoms with van der Waals surface area (Å²) in [6.07, 6.45) is 4.01. The molecule has 0 radical (unpaired) electrons. The monoisotopic (exact) mass is 349 g/mol. The van der Waals surface area contributed by atoms with E-state index in [0.717, 1.165) is 36.0 Å². The summed E-state index contributed by atoms with van der Waals surface area (Å²) < 4.78 is 0. The van der Waals surface area contributed by atoms with Crippen molar-refractivity contribution in [3.8, 4) is 5.75 Å². The molecule has 0 amide bonds. The maximum atomic E-state index is 11.5. The van der Waals surface area contributed by atoms with Crippen LogP contribution in [0.5, 0.6) is 5.75 Å². The summed E-state index contributed by atoms with van der Waals surface area (Å²) in [6, 6.07) is 3.36. The Labute approximate surface area is 152 Å². The predicted molar refractivity (Wildman–Crippen MR) is 104 cm³/mol. The first-order chi connectivity index (χ1) is 11.4. The van der Waals surface area contributed by atoms with Crippen molar-refractivity contribution in [3.63, 3.8) is 0 Å². The van der Waals surface area contributed by atoms with Gasteiger partial charge in [0.2, 0.25) is 6.04 Å². The molecular weight excluding hydrogens is 314 g/mol. The fraction of sp³-hybridized carbons (Fsp3) is 0.714. The van der Waals surface area contributed by atoms with Crippen molar-refractivity contribution in [3.05, 3.63) is 38.9 Å². The molecule has 142 valence electrons. The van der Waals surface area contributed by atoms with Gasteiger partial charge in [0, 0.05) is 17.8 Å². The molecular formula is C21H35NO3. The van der Waals surface area contributed by atoms with Gasteiger partial charge in [-0.3, -0.25) is 10.1 Å². The molecule has 1 N–H and O–H groups in total. The third-order valence-electron chi connectivity index (χ3n) is 4.70. The lowest BCUT2D eigenvalue weighted by Crippen LogP contribution is -2.24. The SMILES string of the molecule is CCCCCC(Cc1cc(C(C)(C)C)c(O)c(C(C)(C)C)c1)[N+](=O)[O-]. The maximum absolute atomic E-state index is 11.5. The quantitative estimate of drug-likeness (QED) is 0.387. The van der Waals surface area contributed by atoms with Crippen molar-refractivity contribution in [2.24, 2.45) is 0 Å². The van der Waals surface area contributed by atoms with Crippen molar-refractivity contribution in [1.29, 1.82) is 0 Å². The van der Waals surface area contributed by atoms with Crippen LogP contribution in [0, 0.1) is 10.1 Å². The Kier molecular flexibility index (Phi) is 7.04. The molecule has 4 heteroatoms. The molecule has 0 spiro atoms. The third-order valence-corrected chi connectivity index (χ3v) is 4.70. The molecule has 0 saturated carbocycles. The Morgan fingerprint density at radius 2 is 1.52 bits per heavy atom. The van der Waals surface area contributed by atoms with E-state index in [-0.39, 0.29) is 15.8 Å². The molecule has 1 aromatic rings. The Hall–Kier alpha value is -1.58. The molecule has 1 aromatic carbocycles. The van der Waals surface area contributed by atoms with Crippen molar-refractivity contribution >= 4 is 0 Å². The third kappa shape index (κ3) is 6.02. The summed E-state index contributed by atoms with van der Waals surface area (Å²) in [5.41, 5.74) is 2.25. The zero-order valence-electron chi connectivity index (χ0n) is 17.0. The van der Waals surface area contributed by atoms with Crippen LogP contribution >= 0.6 is 0 Å². The van der Waals surface area contributed by atoms with Crippen LogP contribution in [0.15, 0.2) is 12.1 Å². The van der Waals surface area contributed by atoms with Gasteiger partial charge in [0.05, 0.1) is 0 Å². The first-order valence-electron chi connectivity index (χ1n) is 9.38. The average molecular weight is 350 g/mol. The average Bonchev–Trinajstić information content (AvgIpc) is 2.45. The molecule has 25 heavy (non-hydrogen) atoms. The van der Waals surface area contributed by atoms with Gasteiger partial charge in [-0.1, -0.05) is 73.4 Å². The summed E-state index contributed by atoms with van der Waals surface area (Å²) in [4.78, 5) is 11.3. The van der Waals surface area contributed by atoms with E-state index in [2.05, 4.69) is 48.5 Å². The van der Waals surface area contributed by atoms with Crippen molar-refractivity contribution in [2.75, 3.05) is 0 Å². The number of nitro groups is 1. The molecule has 0 aliphatic carbocycles. The van der Waals surface area contributed by atoms with Crippen LogP contribution in [0.25, 0.3) is 0 Å². The largest absolute Gasteiger partial charge is 0.507 e. The second-order valence-corrected chi connectivity index (χ2v) is 9.18. The Balaban J connectivity index is 3.27. The normalized spacial score (nSPS) is 13.7. The summed E-state index contributed by atoms with van der Waals surface area (Å²) in [5.74, 6) is 0.326. The molecule has 0 heterocycles. The number of phenols is 1. The van der Waals surface area contributed by atoms with Gasteiger partial charge in [-0.25, -0.2) is 0 Å². The molecule has 0 aliphatic rings. The van der Waals surface area contributed by atoms with Gasteiger partial charge in [-0.15, -0.1) is 0 Å². The fourth-order valence-electron chi connectivity index (χ4n) is 3.14. The molecule has 1 unspecified atom stereocenters. The fourth-order valence-corrected chi connectivity index (χ4v) is 3.14. The minimum absolute atomic E-state index is 0.143. The first-order valence-corrected chi connectivity index (χ1v) is 9.38.